The normalized spacial score (nSPS) is 16.3. The molecule has 1 atom stereocenters. The van der Waals surface area contributed by atoms with Gasteiger partial charge in [-0.3, -0.25) is 0 Å². The fraction of sp³-hybridized carbons (Fsp3) is 0.407. The minimum absolute atomic E-state index is 0.209. The Bertz CT molecular complexity index is 1120. The second-order valence-electron chi connectivity index (χ2n) is 9.03. The van der Waals surface area contributed by atoms with Crippen LogP contribution in [0, 0.1) is 18.2 Å². The van der Waals surface area contributed by atoms with Crippen LogP contribution in [0.15, 0.2) is 53.1 Å². The highest BCUT2D eigenvalue weighted by molar-refractivity contribution is 5.91. The van der Waals surface area contributed by atoms with Gasteiger partial charge >= 0.3 is 5.97 Å². The van der Waals surface area contributed by atoms with E-state index in [0.717, 1.165) is 32.1 Å². The lowest BCUT2D eigenvalue weighted by molar-refractivity contribution is -0.0918. The zero-order valence-electron chi connectivity index (χ0n) is 19.6. The number of ether oxygens (including phenoxy) is 2. The van der Waals surface area contributed by atoms with Crippen molar-refractivity contribution in [3.8, 4) is 11.5 Å². The molecule has 1 saturated carbocycles. The molecule has 0 bridgehead atoms. The van der Waals surface area contributed by atoms with Crippen molar-refractivity contribution in [1.29, 1.82) is 0 Å². The summed E-state index contributed by atoms with van der Waals surface area (Å²) >= 11 is 0. The summed E-state index contributed by atoms with van der Waals surface area (Å²) in [6.45, 7) is 2.41. The van der Waals surface area contributed by atoms with Crippen LogP contribution in [0.3, 0.4) is 0 Å². The molecule has 1 aliphatic carbocycles. The maximum atomic E-state index is 13.3. The summed E-state index contributed by atoms with van der Waals surface area (Å²) in [6, 6.07) is 11.5. The Morgan fingerprint density at radius 3 is 2.59 bits per heavy atom. The standard InChI is InChI=1S/C27H30FNO5/c1-18-7-6-8-20(23(18)26(30)31)15-33-17-27(13-4-3-5-14-27)24(32-2)22-16-34-25(29-22)19-9-11-21(28)12-10-19/h6-12,16,24H,3-5,13-15,17H2,1-2H3,(H,30,31). The second-order valence-corrected chi connectivity index (χ2v) is 9.03. The quantitative estimate of drug-likeness (QED) is 0.395. The lowest BCUT2D eigenvalue weighted by Gasteiger charge is -2.41. The highest BCUT2D eigenvalue weighted by atomic mass is 19.1. The van der Waals surface area contributed by atoms with Crippen LogP contribution in [0.25, 0.3) is 11.5 Å². The van der Waals surface area contributed by atoms with Crippen molar-refractivity contribution >= 4 is 5.97 Å². The SMILES string of the molecule is COC(c1coc(-c2ccc(F)cc2)n1)C1(COCc2cccc(C)c2C(=O)O)CCCCC1. The maximum Gasteiger partial charge on any atom is 0.336 e. The van der Waals surface area contributed by atoms with E-state index in [1.807, 2.05) is 6.07 Å². The number of hydrogen-bond donors (Lipinski definition) is 1. The van der Waals surface area contributed by atoms with Gasteiger partial charge < -0.3 is 19.0 Å². The molecule has 7 heteroatoms. The van der Waals surface area contributed by atoms with E-state index in [2.05, 4.69) is 4.98 Å². The molecule has 0 radical (unpaired) electrons. The van der Waals surface area contributed by atoms with Gasteiger partial charge in [0.05, 0.1) is 18.8 Å². The smallest absolute Gasteiger partial charge is 0.336 e. The largest absolute Gasteiger partial charge is 0.478 e. The fourth-order valence-electron chi connectivity index (χ4n) is 5.07. The molecular formula is C27H30FNO5. The van der Waals surface area contributed by atoms with Crippen molar-refractivity contribution in [2.45, 2.75) is 51.7 Å². The van der Waals surface area contributed by atoms with Crippen LogP contribution < -0.4 is 0 Å². The van der Waals surface area contributed by atoms with Crippen LogP contribution in [0.5, 0.6) is 0 Å². The average Bonchev–Trinajstić information content (AvgIpc) is 3.30. The topological polar surface area (TPSA) is 81.8 Å². The Morgan fingerprint density at radius 2 is 1.91 bits per heavy atom. The van der Waals surface area contributed by atoms with E-state index in [9.17, 15) is 14.3 Å². The summed E-state index contributed by atoms with van der Waals surface area (Å²) in [6.07, 6.45) is 6.33. The average molecular weight is 468 g/mol. The highest BCUT2D eigenvalue weighted by Gasteiger charge is 2.43. The molecule has 34 heavy (non-hydrogen) atoms. The summed E-state index contributed by atoms with van der Waals surface area (Å²) < 4.78 is 31.2. The van der Waals surface area contributed by atoms with Gasteiger partial charge in [-0.05, 0) is 55.2 Å². The molecule has 1 aliphatic rings. The lowest BCUT2D eigenvalue weighted by Crippen LogP contribution is -2.37. The molecule has 0 saturated heterocycles. The molecule has 0 amide bonds. The second kappa shape index (κ2) is 10.5. The summed E-state index contributed by atoms with van der Waals surface area (Å²) in [5.41, 5.74) is 2.73. The van der Waals surface area contributed by atoms with E-state index in [1.54, 1.807) is 44.6 Å². The number of halogens is 1. The van der Waals surface area contributed by atoms with Crippen molar-refractivity contribution in [3.63, 3.8) is 0 Å². The summed E-state index contributed by atoms with van der Waals surface area (Å²) in [4.78, 5) is 16.4. The number of nitrogens with zero attached hydrogens (tertiary/aromatic N) is 1. The molecule has 1 unspecified atom stereocenters. The maximum absolute atomic E-state index is 13.3. The Kier molecular flexibility index (Phi) is 7.44. The molecule has 1 heterocycles. The van der Waals surface area contributed by atoms with Crippen molar-refractivity contribution in [1.82, 2.24) is 4.98 Å². The van der Waals surface area contributed by atoms with Gasteiger partial charge in [-0.25, -0.2) is 14.2 Å². The molecule has 180 valence electrons. The number of carboxylic acid groups (broad SMARTS) is 1. The monoisotopic (exact) mass is 467 g/mol. The lowest BCUT2D eigenvalue weighted by atomic mass is 9.70. The Balaban J connectivity index is 1.55. The number of carbonyl (C=O) groups is 1. The molecule has 2 aromatic carbocycles. The van der Waals surface area contributed by atoms with Crippen molar-refractivity contribution in [2.24, 2.45) is 5.41 Å². The van der Waals surface area contributed by atoms with Gasteiger partial charge in [0.2, 0.25) is 5.89 Å². The predicted octanol–water partition coefficient (Wildman–Crippen LogP) is 6.34. The minimum Gasteiger partial charge on any atom is -0.478 e. The Labute approximate surface area is 198 Å². The molecule has 1 N–H and O–H groups in total. The number of benzene rings is 2. The van der Waals surface area contributed by atoms with Crippen LogP contribution >= 0.6 is 0 Å². The molecule has 3 aromatic rings. The molecule has 4 rings (SSSR count). The zero-order chi connectivity index (χ0) is 24.1. The number of carboxylic acids is 1. The first-order valence-electron chi connectivity index (χ1n) is 11.6. The summed E-state index contributed by atoms with van der Waals surface area (Å²) in [5.74, 6) is -0.854. The third-order valence-electron chi connectivity index (χ3n) is 6.74. The van der Waals surface area contributed by atoms with Gasteiger partial charge in [0, 0.05) is 18.1 Å². The van der Waals surface area contributed by atoms with Crippen LogP contribution in [-0.2, 0) is 16.1 Å². The van der Waals surface area contributed by atoms with Crippen LogP contribution in [0.2, 0.25) is 0 Å². The fourth-order valence-corrected chi connectivity index (χ4v) is 5.07. The molecule has 1 fully saturated rings. The molecule has 1 aromatic heterocycles. The highest BCUT2D eigenvalue weighted by Crippen LogP contribution is 2.48. The first-order valence-corrected chi connectivity index (χ1v) is 11.6. The number of aromatic nitrogens is 1. The number of aryl methyl sites for hydroxylation is 1. The number of oxazole rings is 1. The first-order chi connectivity index (χ1) is 16.4. The van der Waals surface area contributed by atoms with Gasteiger partial charge in [0.25, 0.3) is 0 Å². The molecule has 0 spiro atoms. The number of methoxy groups -OCH3 is 1. The van der Waals surface area contributed by atoms with E-state index in [4.69, 9.17) is 13.9 Å². The van der Waals surface area contributed by atoms with Crippen molar-refractivity contribution < 1.29 is 28.2 Å². The molecule has 6 nitrogen and oxygen atoms in total. The van der Waals surface area contributed by atoms with Crippen LogP contribution in [0.1, 0.15) is 65.4 Å². The molecule has 0 aliphatic heterocycles. The number of aromatic carboxylic acids is 1. The summed E-state index contributed by atoms with van der Waals surface area (Å²) in [7, 11) is 1.66. The number of rotatable bonds is 9. The van der Waals surface area contributed by atoms with Gasteiger partial charge in [0.1, 0.15) is 23.9 Å². The van der Waals surface area contributed by atoms with E-state index in [-0.39, 0.29) is 23.9 Å². The van der Waals surface area contributed by atoms with Crippen LogP contribution in [0.4, 0.5) is 4.39 Å². The van der Waals surface area contributed by atoms with E-state index in [1.165, 1.54) is 12.1 Å². The van der Waals surface area contributed by atoms with Gasteiger partial charge in [0.15, 0.2) is 0 Å². The van der Waals surface area contributed by atoms with Crippen molar-refractivity contribution in [2.75, 3.05) is 13.7 Å². The minimum atomic E-state index is -0.949. The van der Waals surface area contributed by atoms with Gasteiger partial charge in [-0.1, -0.05) is 37.5 Å². The van der Waals surface area contributed by atoms with Gasteiger partial charge in [-0.2, -0.15) is 0 Å². The Hall–Kier alpha value is -3.03. The third kappa shape index (κ3) is 5.05. The van der Waals surface area contributed by atoms with E-state index in [0.29, 0.717) is 40.4 Å². The number of hydrogen-bond acceptors (Lipinski definition) is 5. The third-order valence-corrected chi connectivity index (χ3v) is 6.74. The van der Waals surface area contributed by atoms with Crippen LogP contribution in [-0.4, -0.2) is 29.8 Å². The molecular weight excluding hydrogens is 437 g/mol. The first kappa shape index (κ1) is 24.1. The zero-order valence-corrected chi connectivity index (χ0v) is 19.6. The summed E-state index contributed by atoms with van der Waals surface area (Å²) in [5, 5.41) is 9.62. The predicted molar refractivity (Wildman–Crippen MR) is 125 cm³/mol. The van der Waals surface area contributed by atoms with Crippen molar-refractivity contribution in [3.05, 3.63) is 76.9 Å². The Morgan fingerprint density at radius 1 is 1.18 bits per heavy atom. The van der Waals surface area contributed by atoms with E-state index < -0.39 is 5.97 Å². The van der Waals surface area contributed by atoms with Gasteiger partial charge in [-0.15, -0.1) is 0 Å². The van der Waals surface area contributed by atoms with E-state index >= 15 is 0 Å².